The number of carbonyl (C=O) groups excluding carboxylic acids is 1. The minimum absolute atomic E-state index is 0.212. The predicted molar refractivity (Wildman–Crippen MR) is 93.3 cm³/mol. The number of nitrogens with zero attached hydrogens (tertiary/aromatic N) is 7. The summed E-state index contributed by atoms with van der Waals surface area (Å²) in [5.41, 5.74) is 1.18. The van der Waals surface area contributed by atoms with Crippen molar-refractivity contribution in [3.63, 3.8) is 0 Å². The fourth-order valence-corrected chi connectivity index (χ4v) is 3.37. The molecule has 8 nitrogen and oxygen atoms in total. The molecule has 2 saturated heterocycles. The fraction of sp³-hybridized carbons (Fsp3) is 0.529. The highest BCUT2D eigenvalue weighted by Crippen LogP contribution is 2.20. The number of rotatable bonds is 4. The number of hydrogen-bond acceptors (Lipinski definition) is 6. The standard InChI is InChI=1S/C17H23N7O/c1-14-9-20-24(10-14)15-11-21(12-15)13-16(25)22-5-7-23(8-6-22)17-18-3-2-4-19-17/h2-4,9-10,15H,5-8,11-13H2,1H3. The van der Waals surface area contributed by atoms with Gasteiger partial charge in [-0.05, 0) is 18.6 Å². The van der Waals surface area contributed by atoms with Crippen LogP contribution in [0.4, 0.5) is 5.95 Å². The van der Waals surface area contributed by atoms with Crippen LogP contribution >= 0.6 is 0 Å². The summed E-state index contributed by atoms with van der Waals surface area (Å²) in [5, 5.41) is 4.36. The Morgan fingerprint density at radius 2 is 1.88 bits per heavy atom. The summed E-state index contributed by atoms with van der Waals surface area (Å²) in [5.74, 6) is 0.957. The highest BCUT2D eigenvalue weighted by Gasteiger charge is 2.32. The van der Waals surface area contributed by atoms with E-state index in [2.05, 4.69) is 31.1 Å². The fourth-order valence-electron chi connectivity index (χ4n) is 3.37. The van der Waals surface area contributed by atoms with Crippen molar-refractivity contribution in [1.29, 1.82) is 0 Å². The van der Waals surface area contributed by atoms with Gasteiger partial charge >= 0.3 is 0 Å². The molecule has 4 rings (SSSR count). The van der Waals surface area contributed by atoms with E-state index in [1.807, 2.05) is 28.8 Å². The number of anilines is 1. The number of likely N-dealkylation sites (tertiary alicyclic amines) is 1. The number of hydrogen-bond donors (Lipinski definition) is 0. The van der Waals surface area contributed by atoms with E-state index < -0.39 is 0 Å². The lowest BCUT2D eigenvalue weighted by molar-refractivity contribution is -0.134. The maximum atomic E-state index is 12.5. The molecule has 2 aromatic rings. The smallest absolute Gasteiger partial charge is 0.236 e. The van der Waals surface area contributed by atoms with Crippen molar-refractivity contribution in [1.82, 2.24) is 29.5 Å². The summed E-state index contributed by atoms with van der Waals surface area (Å²) in [6.45, 7) is 7.35. The molecule has 25 heavy (non-hydrogen) atoms. The van der Waals surface area contributed by atoms with Gasteiger partial charge in [-0.2, -0.15) is 5.10 Å². The van der Waals surface area contributed by atoms with Crippen molar-refractivity contribution in [2.45, 2.75) is 13.0 Å². The Hall–Kier alpha value is -2.48. The highest BCUT2D eigenvalue weighted by atomic mass is 16.2. The molecule has 0 aromatic carbocycles. The average molecular weight is 341 g/mol. The van der Waals surface area contributed by atoms with Crippen LogP contribution in [-0.4, -0.2) is 81.3 Å². The SMILES string of the molecule is Cc1cnn(C2CN(CC(=O)N3CCN(c4ncccn4)CC3)C2)c1. The molecule has 2 fully saturated rings. The van der Waals surface area contributed by atoms with Crippen LogP contribution in [0.1, 0.15) is 11.6 Å². The van der Waals surface area contributed by atoms with Gasteiger partial charge in [0.05, 0.1) is 18.8 Å². The minimum atomic E-state index is 0.212. The normalized spacial score (nSPS) is 19.1. The van der Waals surface area contributed by atoms with Crippen molar-refractivity contribution in [3.8, 4) is 0 Å². The second-order valence-electron chi connectivity index (χ2n) is 6.76. The van der Waals surface area contributed by atoms with Gasteiger partial charge in [-0.25, -0.2) is 9.97 Å². The maximum absolute atomic E-state index is 12.5. The van der Waals surface area contributed by atoms with Crippen LogP contribution in [0.15, 0.2) is 30.9 Å². The maximum Gasteiger partial charge on any atom is 0.236 e. The number of carbonyl (C=O) groups is 1. The van der Waals surface area contributed by atoms with Gasteiger partial charge in [0.15, 0.2) is 0 Å². The van der Waals surface area contributed by atoms with E-state index >= 15 is 0 Å². The highest BCUT2D eigenvalue weighted by molar-refractivity contribution is 5.78. The monoisotopic (exact) mass is 341 g/mol. The molecule has 132 valence electrons. The number of amides is 1. The molecule has 2 aromatic heterocycles. The number of aryl methyl sites for hydroxylation is 1. The Morgan fingerprint density at radius 1 is 1.16 bits per heavy atom. The van der Waals surface area contributed by atoms with E-state index in [9.17, 15) is 4.79 Å². The van der Waals surface area contributed by atoms with Crippen LogP contribution in [0, 0.1) is 6.92 Å². The van der Waals surface area contributed by atoms with Crippen LogP contribution in [0.25, 0.3) is 0 Å². The summed E-state index contributed by atoms with van der Waals surface area (Å²) in [6, 6.07) is 2.21. The number of aromatic nitrogens is 4. The third-order valence-corrected chi connectivity index (χ3v) is 4.87. The van der Waals surface area contributed by atoms with Gasteiger partial charge in [0.25, 0.3) is 0 Å². The van der Waals surface area contributed by atoms with Crippen molar-refractivity contribution in [3.05, 3.63) is 36.4 Å². The van der Waals surface area contributed by atoms with Gasteiger partial charge in [-0.15, -0.1) is 0 Å². The molecule has 0 bridgehead atoms. The average Bonchev–Trinajstić information content (AvgIpc) is 3.04. The Morgan fingerprint density at radius 3 is 2.52 bits per heavy atom. The van der Waals surface area contributed by atoms with Crippen LogP contribution in [0.2, 0.25) is 0 Å². The van der Waals surface area contributed by atoms with Gasteiger partial charge in [-0.3, -0.25) is 14.4 Å². The summed E-state index contributed by atoms with van der Waals surface area (Å²) in [6.07, 6.45) is 7.45. The van der Waals surface area contributed by atoms with Gasteiger partial charge in [0, 0.05) is 57.9 Å². The van der Waals surface area contributed by atoms with Gasteiger partial charge in [-0.1, -0.05) is 0 Å². The van der Waals surface area contributed by atoms with Gasteiger partial charge in [0.1, 0.15) is 0 Å². The lowest BCUT2D eigenvalue weighted by Crippen LogP contribution is -2.55. The Balaban J connectivity index is 1.22. The third-order valence-electron chi connectivity index (χ3n) is 4.87. The molecule has 0 atom stereocenters. The Bertz CT molecular complexity index is 718. The van der Waals surface area contributed by atoms with Crippen LogP contribution in [0.3, 0.4) is 0 Å². The van der Waals surface area contributed by atoms with Gasteiger partial charge in [0.2, 0.25) is 11.9 Å². The molecular formula is C17H23N7O. The first-order valence-electron chi connectivity index (χ1n) is 8.72. The molecule has 0 spiro atoms. The molecule has 0 N–H and O–H groups in total. The molecule has 0 aliphatic carbocycles. The summed E-state index contributed by atoms with van der Waals surface area (Å²) in [7, 11) is 0. The lowest BCUT2D eigenvalue weighted by atomic mass is 10.1. The van der Waals surface area contributed by atoms with Crippen LogP contribution in [0.5, 0.6) is 0 Å². The molecule has 0 saturated carbocycles. The largest absolute Gasteiger partial charge is 0.338 e. The molecule has 2 aliphatic heterocycles. The molecular weight excluding hydrogens is 318 g/mol. The Kier molecular flexibility index (Phi) is 4.35. The van der Waals surface area contributed by atoms with Crippen molar-refractivity contribution in [2.75, 3.05) is 50.7 Å². The minimum Gasteiger partial charge on any atom is -0.338 e. The van der Waals surface area contributed by atoms with Crippen molar-refractivity contribution >= 4 is 11.9 Å². The first kappa shape index (κ1) is 16.0. The van der Waals surface area contributed by atoms with Crippen LogP contribution in [-0.2, 0) is 4.79 Å². The van der Waals surface area contributed by atoms with E-state index in [4.69, 9.17) is 0 Å². The summed E-state index contributed by atoms with van der Waals surface area (Å²) in [4.78, 5) is 27.3. The first-order valence-corrected chi connectivity index (χ1v) is 8.72. The first-order chi connectivity index (χ1) is 12.2. The second-order valence-corrected chi connectivity index (χ2v) is 6.76. The molecule has 0 radical (unpaired) electrons. The molecule has 1 amide bonds. The van der Waals surface area contributed by atoms with Gasteiger partial charge < -0.3 is 9.80 Å². The lowest BCUT2D eigenvalue weighted by Gasteiger charge is -2.41. The summed E-state index contributed by atoms with van der Waals surface area (Å²) >= 11 is 0. The van der Waals surface area contributed by atoms with E-state index in [1.54, 1.807) is 12.4 Å². The zero-order chi connectivity index (χ0) is 17.2. The van der Waals surface area contributed by atoms with E-state index in [0.29, 0.717) is 12.6 Å². The quantitative estimate of drug-likeness (QED) is 0.791. The van der Waals surface area contributed by atoms with Crippen molar-refractivity contribution < 1.29 is 4.79 Å². The number of piperazine rings is 1. The van der Waals surface area contributed by atoms with E-state index in [0.717, 1.165) is 45.2 Å². The zero-order valence-corrected chi connectivity index (χ0v) is 14.5. The molecule has 8 heteroatoms. The predicted octanol–water partition coefficient (Wildman–Crippen LogP) is 0.187. The topological polar surface area (TPSA) is 70.4 Å². The molecule has 0 unspecified atom stereocenters. The van der Waals surface area contributed by atoms with E-state index in [-0.39, 0.29) is 5.91 Å². The Labute approximate surface area is 147 Å². The second kappa shape index (κ2) is 6.79. The van der Waals surface area contributed by atoms with Crippen molar-refractivity contribution in [2.24, 2.45) is 0 Å². The van der Waals surface area contributed by atoms with Crippen LogP contribution < -0.4 is 4.90 Å². The molecule has 2 aliphatic rings. The third kappa shape index (κ3) is 3.48. The molecule has 4 heterocycles. The summed E-state index contributed by atoms with van der Waals surface area (Å²) < 4.78 is 2.01. The van der Waals surface area contributed by atoms with E-state index in [1.165, 1.54) is 5.56 Å². The zero-order valence-electron chi connectivity index (χ0n) is 14.5.